The van der Waals surface area contributed by atoms with Gasteiger partial charge in [0.15, 0.2) is 6.61 Å². The molecule has 8 nitrogen and oxygen atoms in total. The highest BCUT2D eigenvalue weighted by atomic mass is 35.5. The third-order valence-corrected chi connectivity index (χ3v) is 5.97. The van der Waals surface area contributed by atoms with Crippen molar-refractivity contribution in [3.8, 4) is 11.5 Å². The van der Waals surface area contributed by atoms with E-state index in [9.17, 15) is 13.2 Å². The molecular weight excluding hydrogens is 370 g/mol. The largest absolute Gasteiger partial charge is 0.495 e. The van der Waals surface area contributed by atoms with Crippen molar-refractivity contribution < 1.29 is 22.7 Å². The average molecular weight is 392 g/mol. The van der Waals surface area contributed by atoms with E-state index in [0.717, 1.165) is 19.3 Å². The van der Waals surface area contributed by atoms with Crippen molar-refractivity contribution in [2.45, 2.75) is 30.2 Å². The van der Waals surface area contributed by atoms with Gasteiger partial charge in [-0.2, -0.15) is 0 Å². The Morgan fingerprint density at radius 1 is 1.40 bits per heavy atom. The van der Waals surface area contributed by atoms with E-state index >= 15 is 0 Å². The summed E-state index contributed by atoms with van der Waals surface area (Å²) in [6, 6.07) is 2.65. The molecule has 1 aromatic rings. The second-order valence-electron chi connectivity index (χ2n) is 5.99. The highest BCUT2D eigenvalue weighted by molar-refractivity contribution is 7.89. The summed E-state index contributed by atoms with van der Waals surface area (Å²) in [7, 11) is -2.42. The van der Waals surface area contributed by atoms with Crippen LogP contribution in [0.4, 0.5) is 5.69 Å². The van der Waals surface area contributed by atoms with Gasteiger partial charge in [-0.25, -0.2) is 13.1 Å². The van der Waals surface area contributed by atoms with Gasteiger partial charge in [-0.05, 0) is 25.3 Å². The quantitative estimate of drug-likeness (QED) is 0.684. The number of hydrogen-bond donors (Lipinski definition) is 3. The van der Waals surface area contributed by atoms with E-state index in [1.165, 1.54) is 19.2 Å². The van der Waals surface area contributed by atoms with Gasteiger partial charge < -0.3 is 20.5 Å². The molecule has 2 aliphatic rings. The van der Waals surface area contributed by atoms with Crippen molar-refractivity contribution in [1.29, 1.82) is 0 Å². The van der Waals surface area contributed by atoms with Gasteiger partial charge in [0.2, 0.25) is 10.0 Å². The van der Waals surface area contributed by atoms with Crippen LogP contribution in [-0.4, -0.2) is 40.6 Å². The van der Waals surface area contributed by atoms with Gasteiger partial charge in [0, 0.05) is 18.2 Å². The monoisotopic (exact) mass is 391 g/mol. The highest BCUT2D eigenvalue weighted by Gasteiger charge is 2.32. The summed E-state index contributed by atoms with van der Waals surface area (Å²) in [6.45, 7) is 0.299. The smallest absolute Gasteiger partial charge is 0.262 e. The van der Waals surface area contributed by atoms with Crippen molar-refractivity contribution in [1.82, 2.24) is 4.72 Å². The van der Waals surface area contributed by atoms with Gasteiger partial charge in [0.25, 0.3) is 5.91 Å². The SMILES string of the molecule is COc1cc2c(cc1S(=O)(=O)NC1CCCC1CN)OCC(=O)N2.Cl. The van der Waals surface area contributed by atoms with Crippen LogP contribution in [0.5, 0.6) is 11.5 Å². The maximum absolute atomic E-state index is 12.8. The number of sulfonamides is 1. The molecule has 2 unspecified atom stereocenters. The van der Waals surface area contributed by atoms with Crippen molar-refractivity contribution in [2.75, 3.05) is 25.6 Å². The van der Waals surface area contributed by atoms with Gasteiger partial charge in [0.1, 0.15) is 16.4 Å². The molecule has 1 fully saturated rings. The second-order valence-corrected chi connectivity index (χ2v) is 7.67. The molecular formula is C15H22ClN3O5S. The highest BCUT2D eigenvalue weighted by Crippen LogP contribution is 2.37. The molecule has 0 radical (unpaired) electrons. The molecule has 1 aliphatic carbocycles. The Kier molecular flexibility index (Phi) is 6.15. The van der Waals surface area contributed by atoms with Gasteiger partial charge in [-0.3, -0.25) is 4.79 Å². The first-order valence-corrected chi connectivity index (χ1v) is 9.30. The Balaban J connectivity index is 0.00000225. The van der Waals surface area contributed by atoms with Crippen LogP contribution >= 0.6 is 12.4 Å². The number of benzene rings is 1. The van der Waals surface area contributed by atoms with Crippen LogP contribution in [0.25, 0.3) is 0 Å². The van der Waals surface area contributed by atoms with Crippen molar-refractivity contribution in [3.63, 3.8) is 0 Å². The molecule has 1 aromatic carbocycles. The molecule has 1 saturated carbocycles. The third-order valence-electron chi connectivity index (χ3n) is 4.46. The summed E-state index contributed by atoms with van der Waals surface area (Å²) in [6.07, 6.45) is 2.63. The zero-order valence-corrected chi connectivity index (χ0v) is 15.4. The fourth-order valence-electron chi connectivity index (χ4n) is 3.19. The molecule has 0 bridgehead atoms. The van der Waals surface area contributed by atoms with Crippen molar-refractivity contribution in [2.24, 2.45) is 11.7 Å². The minimum absolute atomic E-state index is 0. The number of halogens is 1. The lowest BCUT2D eigenvalue weighted by Crippen LogP contribution is -2.40. The predicted octanol–water partition coefficient (Wildman–Crippen LogP) is 0.854. The molecule has 25 heavy (non-hydrogen) atoms. The Bertz CT molecular complexity index is 756. The van der Waals surface area contributed by atoms with Crippen LogP contribution in [0.3, 0.4) is 0 Å². The van der Waals surface area contributed by atoms with Crippen molar-refractivity contribution in [3.05, 3.63) is 12.1 Å². The molecule has 0 aromatic heterocycles. The Labute approximate surface area is 152 Å². The lowest BCUT2D eigenvalue weighted by Gasteiger charge is -2.23. The van der Waals surface area contributed by atoms with Crippen LogP contribution in [0, 0.1) is 5.92 Å². The van der Waals surface area contributed by atoms with E-state index in [1.807, 2.05) is 0 Å². The molecule has 2 atom stereocenters. The van der Waals surface area contributed by atoms with E-state index in [4.69, 9.17) is 15.2 Å². The topological polar surface area (TPSA) is 120 Å². The van der Waals surface area contributed by atoms with E-state index in [2.05, 4.69) is 10.0 Å². The second kappa shape index (κ2) is 7.77. The molecule has 3 rings (SSSR count). The Morgan fingerprint density at radius 2 is 2.16 bits per heavy atom. The van der Waals surface area contributed by atoms with Gasteiger partial charge in [-0.1, -0.05) is 6.42 Å². The summed E-state index contributed by atoms with van der Waals surface area (Å²) in [5.74, 6) is 0.292. The van der Waals surface area contributed by atoms with Gasteiger partial charge in [-0.15, -0.1) is 12.4 Å². The van der Waals surface area contributed by atoms with Gasteiger partial charge in [0.05, 0.1) is 12.8 Å². The molecule has 140 valence electrons. The zero-order chi connectivity index (χ0) is 17.3. The number of nitrogens with one attached hydrogen (secondary N) is 2. The number of carbonyl (C=O) groups excluding carboxylic acids is 1. The van der Waals surface area contributed by atoms with Crippen LogP contribution in [0.2, 0.25) is 0 Å². The minimum Gasteiger partial charge on any atom is -0.495 e. The number of rotatable bonds is 5. The first kappa shape index (κ1) is 19.8. The Morgan fingerprint density at radius 3 is 2.84 bits per heavy atom. The van der Waals surface area contributed by atoms with E-state index in [1.54, 1.807) is 0 Å². The van der Waals surface area contributed by atoms with E-state index in [-0.39, 0.29) is 47.5 Å². The summed E-state index contributed by atoms with van der Waals surface area (Å²) in [5, 5.41) is 2.63. The first-order valence-electron chi connectivity index (χ1n) is 7.81. The summed E-state index contributed by atoms with van der Waals surface area (Å²) < 4.78 is 38.8. The Hall–Kier alpha value is -1.55. The fourth-order valence-corrected chi connectivity index (χ4v) is 4.70. The summed E-state index contributed by atoms with van der Waals surface area (Å²) in [4.78, 5) is 11.4. The number of nitrogens with two attached hydrogens (primary N) is 1. The van der Waals surface area contributed by atoms with Crippen LogP contribution in [-0.2, 0) is 14.8 Å². The molecule has 1 amide bonds. The summed E-state index contributed by atoms with van der Waals surface area (Å²) in [5.41, 5.74) is 6.11. The lowest BCUT2D eigenvalue weighted by molar-refractivity contribution is -0.118. The lowest BCUT2D eigenvalue weighted by atomic mass is 10.1. The van der Waals surface area contributed by atoms with Crippen LogP contribution < -0.4 is 25.2 Å². The third kappa shape index (κ3) is 4.00. The number of amides is 1. The molecule has 0 saturated heterocycles. The van der Waals surface area contributed by atoms with Crippen LogP contribution in [0.1, 0.15) is 19.3 Å². The van der Waals surface area contributed by atoms with Crippen molar-refractivity contribution >= 4 is 34.0 Å². The minimum atomic E-state index is -3.80. The maximum Gasteiger partial charge on any atom is 0.262 e. The maximum atomic E-state index is 12.8. The normalized spacial score (nSPS) is 22.4. The number of fused-ring (bicyclic) bond motifs is 1. The van der Waals surface area contributed by atoms with Gasteiger partial charge >= 0.3 is 0 Å². The predicted molar refractivity (Wildman–Crippen MR) is 94.9 cm³/mol. The molecule has 4 N–H and O–H groups in total. The number of hydrogen-bond acceptors (Lipinski definition) is 6. The average Bonchev–Trinajstić information content (AvgIpc) is 2.99. The fraction of sp³-hybridized carbons (Fsp3) is 0.533. The van der Waals surface area contributed by atoms with Crippen LogP contribution in [0.15, 0.2) is 17.0 Å². The standard InChI is InChI=1S/C15H21N3O5S.ClH/c1-22-13-5-11-12(23-8-15(19)17-11)6-14(13)24(20,21)18-10-4-2-3-9(10)7-16;/h5-6,9-10,18H,2-4,7-8,16H2,1H3,(H,17,19);1H. The first-order chi connectivity index (χ1) is 11.4. The molecule has 1 aliphatic heterocycles. The number of carbonyl (C=O) groups is 1. The number of ether oxygens (including phenoxy) is 2. The van der Waals surface area contributed by atoms with E-state index in [0.29, 0.717) is 18.0 Å². The zero-order valence-electron chi connectivity index (χ0n) is 13.8. The van der Waals surface area contributed by atoms with E-state index < -0.39 is 10.0 Å². The number of methoxy groups -OCH3 is 1. The number of anilines is 1. The molecule has 0 spiro atoms. The summed E-state index contributed by atoms with van der Waals surface area (Å²) >= 11 is 0. The molecule has 10 heteroatoms. The molecule has 1 heterocycles.